The van der Waals surface area contributed by atoms with Gasteiger partial charge in [0.2, 0.25) is 5.91 Å². The largest absolute Gasteiger partial charge is 0.493 e. The molecule has 0 aliphatic carbocycles. The SMILES string of the molecule is CCOc1ccccc1C(=O)N1CCCC1C(=O)NCc1cn2ccsc2n1. The molecule has 28 heavy (non-hydrogen) atoms. The van der Waals surface area contributed by atoms with Crippen LogP contribution in [-0.4, -0.2) is 45.3 Å². The average Bonchev–Trinajstić information content (AvgIpc) is 3.42. The van der Waals surface area contributed by atoms with E-state index in [0.717, 1.165) is 17.1 Å². The summed E-state index contributed by atoms with van der Waals surface area (Å²) in [5.41, 5.74) is 1.30. The summed E-state index contributed by atoms with van der Waals surface area (Å²) in [6, 6.07) is 6.72. The van der Waals surface area contributed by atoms with Gasteiger partial charge in [0.1, 0.15) is 11.8 Å². The van der Waals surface area contributed by atoms with Crippen LogP contribution in [0.4, 0.5) is 0 Å². The van der Waals surface area contributed by atoms with Crippen LogP contribution < -0.4 is 10.1 Å². The zero-order valence-electron chi connectivity index (χ0n) is 15.6. The van der Waals surface area contributed by atoms with E-state index in [1.807, 2.05) is 41.2 Å². The maximum atomic E-state index is 13.1. The maximum Gasteiger partial charge on any atom is 0.258 e. The summed E-state index contributed by atoms with van der Waals surface area (Å²) in [5.74, 6) is 0.249. The number of ether oxygens (including phenoxy) is 1. The van der Waals surface area contributed by atoms with Crippen LogP contribution in [0.15, 0.2) is 42.0 Å². The highest BCUT2D eigenvalue weighted by Crippen LogP contribution is 2.25. The molecule has 1 aliphatic rings. The van der Waals surface area contributed by atoms with Gasteiger partial charge in [-0.25, -0.2) is 4.98 Å². The number of amides is 2. The Kier molecular flexibility index (Phi) is 5.29. The number of carbonyl (C=O) groups is 2. The summed E-state index contributed by atoms with van der Waals surface area (Å²) in [7, 11) is 0. The average molecular weight is 398 g/mol. The van der Waals surface area contributed by atoms with E-state index < -0.39 is 6.04 Å². The fourth-order valence-corrected chi connectivity index (χ4v) is 4.24. The molecule has 0 spiro atoms. The normalized spacial score (nSPS) is 16.5. The molecule has 146 valence electrons. The van der Waals surface area contributed by atoms with Crippen LogP contribution >= 0.6 is 11.3 Å². The van der Waals surface area contributed by atoms with Gasteiger partial charge in [-0.05, 0) is 31.9 Å². The van der Waals surface area contributed by atoms with Crippen molar-refractivity contribution in [2.75, 3.05) is 13.2 Å². The van der Waals surface area contributed by atoms with Crippen LogP contribution in [0.1, 0.15) is 35.8 Å². The molecule has 1 fully saturated rings. The molecule has 0 saturated carbocycles. The number of likely N-dealkylation sites (tertiary alicyclic amines) is 1. The van der Waals surface area contributed by atoms with Crippen LogP contribution in [0.5, 0.6) is 5.75 Å². The number of rotatable bonds is 6. The third kappa shape index (κ3) is 3.60. The number of nitrogens with zero attached hydrogens (tertiary/aromatic N) is 3. The lowest BCUT2D eigenvalue weighted by molar-refractivity contribution is -0.125. The van der Waals surface area contributed by atoms with E-state index in [9.17, 15) is 9.59 Å². The molecule has 1 unspecified atom stereocenters. The summed E-state index contributed by atoms with van der Waals surface area (Å²) >= 11 is 1.55. The van der Waals surface area contributed by atoms with E-state index in [1.165, 1.54) is 0 Å². The predicted octanol–water partition coefficient (Wildman–Crippen LogP) is 2.72. The first-order valence-corrected chi connectivity index (χ1v) is 10.3. The molecule has 1 atom stereocenters. The first-order valence-electron chi connectivity index (χ1n) is 9.39. The molecular formula is C20H22N4O3S. The smallest absolute Gasteiger partial charge is 0.258 e. The molecule has 0 radical (unpaired) electrons. The van der Waals surface area contributed by atoms with Gasteiger partial charge in [-0.2, -0.15) is 0 Å². The topological polar surface area (TPSA) is 75.9 Å². The monoisotopic (exact) mass is 398 g/mol. The molecule has 8 heteroatoms. The first kappa shape index (κ1) is 18.5. The Hall–Kier alpha value is -2.87. The fourth-order valence-electron chi connectivity index (χ4n) is 3.52. The number of nitrogens with one attached hydrogen (secondary N) is 1. The van der Waals surface area contributed by atoms with Crippen molar-refractivity contribution in [3.8, 4) is 5.75 Å². The van der Waals surface area contributed by atoms with Crippen LogP contribution in [0.2, 0.25) is 0 Å². The standard InChI is InChI=1S/C20H22N4O3S/c1-2-27-17-8-4-3-6-15(17)19(26)24-9-5-7-16(24)18(25)21-12-14-13-23-10-11-28-20(23)22-14/h3-4,6,8,10-11,13,16H,2,5,7,9,12H2,1H3,(H,21,25). The highest BCUT2D eigenvalue weighted by Gasteiger charge is 2.35. The molecule has 1 aromatic carbocycles. The molecule has 2 aromatic heterocycles. The highest BCUT2D eigenvalue weighted by molar-refractivity contribution is 7.15. The van der Waals surface area contributed by atoms with E-state index in [4.69, 9.17) is 4.74 Å². The summed E-state index contributed by atoms with van der Waals surface area (Å²) in [4.78, 5) is 32.9. The second-order valence-electron chi connectivity index (χ2n) is 6.63. The highest BCUT2D eigenvalue weighted by atomic mass is 32.1. The summed E-state index contributed by atoms with van der Waals surface area (Å²) in [6.07, 6.45) is 5.31. The van der Waals surface area contributed by atoms with Gasteiger partial charge in [0.05, 0.1) is 24.4 Å². The Bertz CT molecular complexity index is 968. The van der Waals surface area contributed by atoms with Crippen molar-refractivity contribution in [1.82, 2.24) is 19.6 Å². The zero-order chi connectivity index (χ0) is 19.5. The van der Waals surface area contributed by atoms with E-state index in [2.05, 4.69) is 10.3 Å². The van der Waals surface area contributed by atoms with Crippen molar-refractivity contribution < 1.29 is 14.3 Å². The van der Waals surface area contributed by atoms with Gasteiger partial charge in [0.25, 0.3) is 5.91 Å². The van der Waals surface area contributed by atoms with Crippen LogP contribution in [0.25, 0.3) is 4.96 Å². The number of fused-ring (bicyclic) bond motifs is 1. The second kappa shape index (κ2) is 8.02. The van der Waals surface area contributed by atoms with Crippen molar-refractivity contribution in [3.63, 3.8) is 0 Å². The van der Waals surface area contributed by atoms with Gasteiger partial charge >= 0.3 is 0 Å². The molecule has 3 heterocycles. The number of hydrogen-bond donors (Lipinski definition) is 1. The van der Waals surface area contributed by atoms with Crippen molar-refractivity contribution in [3.05, 3.63) is 53.3 Å². The third-order valence-corrected chi connectivity index (χ3v) is 5.59. The Morgan fingerprint density at radius 1 is 1.36 bits per heavy atom. The minimum absolute atomic E-state index is 0.143. The lowest BCUT2D eigenvalue weighted by Crippen LogP contribution is -2.45. The molecule has 7 nitrogen and oxygen atoms in total. The Morgan fingerprint density at radius 3 is 3.04 bits per heavy atom. The van der Waals surface area contributed by atoms with Gasteiger partial charge in [0.15, 0.2) is 4.96 Å². The third-order valence-electron chi connectivity index (χ3n) is 4.82. The minimum Gasteiger partial charge on any atom is -0.493 e. The number of carbonyl (C=O) groups excluding carboxylic acids is 2. The van der Waals surface area contributed by atoms with E-state index in [0.29, 0.717) is 37.4 Å². The van der Waals surface area contributed by atoms with E-state index >= 15 is 0 Å². The van der Waals surface area contributed by atoms with E-state index in [-0.39, 0.29) is 11.8 Å². The van der Waals surface area contributed by atoms with Gasteiger partial charge < -0.3 is 15.0 Å². The summed E-state index contributed by atoms with van der Waals surface area (Å²) in [6.45, 7) is 3.28. The Balaban J connectivity index is 1.44. The van der Waals surface area contributed by atoms with Crippen LogP contribution in [0, 0.1) is 0 Å². The van der Waals surface area contributed by atoms with Crippen molar-refractivity contribution >= 4 is 28.1 Å². The summed E-state index contributed by atoms with van der Waals surface area (Å²) in [5, 5.41) is 4.90. The number of aromatic nitrogens is 2. The lowest BCUT2D eigenvalue weighted by atomic mass is 10.1. The minimum atomic E-state index is -0.467. The number of benzene rings is 1. The summed E-state index contributed by atoms with van der Waals surface area (Å²) < 4.78 is 7.52. The van der Waals surface area contributed by atoms with Gasteiger partial charge in [-0.15, -0.1) is 11.3 Å². The zero-order valence-corrected chi connectivity index (χ0v) is 16.4. The fraction of sp³-hybridized carbons (Fsp3) is 0.350. The first-order chi connectivity index (χ1) is 13.7. The molecule has 1 N–H and O–H groups in total. The van der Waals surface area contributed by atoms with Crippen molar-refractivity contribution in [2.45, 2.75) is 32.4 Å². The Labute approximate surface area is 166 Å². The predicted molar refractivity (Wildman–Crippen MR) is 107 cm³/mol. The lowest BCUT2D eigenvalue weighted by Gasteiger charge is -2.24. The Morgan fingerprint density at radius 2 is 2.21 bits per heavy atom. The maximum absolute atomic E-state index is 13.1. The van der Waals surface area contributed by atoms with Gasteiger partial charge in [-0.3, -0.25) is 14.0 Å². The molecule has 3 aromatic rings. The molecule has 0 bridgehead atoms. The number of thiazole rings is 1. The van der Waals surface area contributed by atoms with Crippen LogP contribution in [0.3, 0.4) is 0 Å². The molecular weight excluding hydrogens is 376 g/mol. The number of imidazole rings is 1. The number of hydrogen-bond acceptors (Lipinski definition) is 5. The van der Waals surface area contributed by atoms with Crippen molar-refractivity contribution in [1.29, 1.82) is 0 Å². The molecule has 1 saturated heterocycles. The molecule has 4 rings (SSSR count). The van der Waals surface area contributed by atoms with Gasteiger partial charge in [0, 0.05) is 24.3 Å². The molecule has 2 amide bonds. The quantitative estimate of drug-likeness (QED) is 0.693. The second-order valence-corrected chi connectivity index (χ2v) is 7.50. The van der Waals surface area contributed by atoms with Crippen LogP contribution in [-0.2, 0) is 11.3 Å². The number of para-hydroxylation sites is 1. The van der Waals surface area contributed by atoms with Crippen molar-refractivity contribution in [2.24, 2.45) is 0 Å². The molecule has 1 aliphatic heterocycles. The van der Waals surface area contributed by atoms with Gasteiger partial charge in [-0.1, -0.05) is 12.1 Å². The van der Waals surface area contributed by atoms with E-state index in [1.54, 1.807) is 28.4 Å².